The zero-order chi connectivity index (χ0) is 14.5. The Labute approximate surface area is 118 Å². The van der Waals surface area contributed by atoms with Crippen LogP contribution < -0.4 is 9.47 Å². The van der Waals surface area contributed by atoms with E-state index < -0.39 is 0 Å². The fourth-order valence-electron chi connectivity index (χ4n) is 1.95. The molecule has 1 saturated carbocycles. The largest absolute Gasteiger partial charge is 0.490 e. The SMILES string of the molecule is CCOc1cccc(C=O)c1OCC(=O)N(C)C1CC1. The highest BCUT2D eigenvalue weighted by atomic mass is 16.5. The van der Waals surface area contributed by atoms with Crippen molar-refractivity contribution in [1.29, 1.82) is 0 Å². The van der Waals surface area contributed by atoms with E-state index in [4.69, 9.17) is 9.47 Å². The molecule has 5 heteroatoms. The number of carbonyl (C=O) groups is 2. The van der Waals surface area contributed by atoms with Crippen LogP contribution in [0.2, 0.25) is 0 Å². The Morgan fingerprint density at radius 3 is 2.75 bits per heavy atom. The van der Waals surface area contributed by atoms with E-state index in [2.05, 4.69) is 0 Å². The molecule has 0 spiro atoms. The summed E-state index contributed by atoms with van der Waals surface area (Å²) in [5.74, 6) is 0.733. The molecule has 0 radical (unpaired) electrons. The Morgan fingerprint density at radius 2 is 2.15 bits per heavy atom. The summed E-state index contributed by atoms with van der Waals surface area (Å²) in [7, 11) is 1.78. The number of hydrogen-bond donors (Lipinski definition) is 0. The molecule has 0 unspecified atom stereocenters. The predicted molar refractivity (Wildman–Crippen MR) is 74.3 cm³/mol. The maximum absolute atomic E-state index is 11.9. The number of para-hydroxylation sites is 1. The van der Waals surface area contributed by atoms with Crippen LogP contribution in [-0.4, -0.2) is 43.4 Å². The number of amides is 1. The van der Waals surface area contributed by atoms with E-state index in [0.717, 1.165) is 12.8 Å². The van der Waals surface area contributed by atoms with E-state index in [9.17, 15) is 9.59 Å². The number of carbonyl (C=O) groups excluding carboxylic acids is 2. The van der Waals surface area contributed by atoms with Crippen LogP contribution in [0, 0.1) is 0 Å². The van der Waals surface area contributed by atoms with Crippen LogP contribution >= 0.6 is 0 Å². The van der Waals surface area contributed by atoms with Crippen LogP contribution in [0.5, 0.6) is 11.5 Å². The van der Waals surface area contributed by atoms with Gasteiger partial charge in [-0.25, -0.2) is 0 Å². The predicted octanol–water partition coefficient (Wildman–Crippen LogP) is 1.90. The highest BCUT2D eigenvalue weighted by Gasteiger charge is 2.29. The molecular weight excluding hydrogens is 258 g/mol. The second-order valence-electron chi connectivity index (χ2n) is 4.75. The molecule has 1 aliphatic rings. The fraction of sp³-hybridized carbons (Fsp3) is 0.467. The molecule has 0 aliphatic heterocycles. The minimum absolute atomic E-state index is 0.0854. The van der Waals surface area contributed by atoms with Gasteiger partial charge in [-0.2, -0.15) is 0 Å². The lowest BCUT2D eigenvalue weighted by Gasteiger charge is -2.18. The van der Waals surface area contributed by atoms with Gasteiger partial charge in [0.15, 0.2) is 24.4 Å². The summed E-state index contributed by atoms with van der Waals surface area (Å²) in [4.78, 5) is 24.7. The highest BCUT2D eigenvalue weighted by Crippen LogP contribution is 2.31. The van der Waals surface area contributed by atoms with Gasteiger partial charge in [0.1, 0.15) is 0 Å². The Morgan fingerprint density at radius 1 is 1.40 bits per heavy atom. The zero-order valence-electron chi connectivity index (χ0n) is 11.8. The lowest BCUT2D eigenvalue weighted by molar-refractivity contribution is -0.132. The van der Waals surface area contributed by atoms with Gasteiger partial charge in [0.05, 0.1) is 12.2 Å². The summed E-state index contributed by atoms with van der Waals surface area (Å²) >= 11 is 0. The molecule has 2 rings (SSSR count). The van der Waals surface area contributed by atoms with Crippen LogP contribution in [0.25, 0.3) is 0 Å². The van der Waals surface area contributed by atoms with Crippen molar-refractivity contribution in [2.24, 2.45) is 0 Å². The maximum Gasteiger partial charge on any atom is 0.260 e. The lowest BCUT2D eigenvalue weighted by Crippen LogP contribution is -2.33. The molecule has 1 fully saturated rings. The Kier molecular flexibility index (Phi) is 4.61. The molecule has 0 N–H and O–H groups in total. The third-order valence-corrected chi connectivity index (χ3v) is 3.26. The zero-order valence-corrected chi connectivity index (χ0v) is 11.8. The first-order chi connectivity index (χ1) is 9.67. The van der Waals surface area contributed by atoms with Crippen LogP contribution in [0.1, 0.15) is 30.1 Å². The van der Waals surface area contributed by atoms with Gasteiger partial charge in [-0.3, -0.25) is 9.59 Å². The molecule has 0 aromatic heterocycles. The summed E-state index contributed by atoms with van der Waals surface area (Å²) in [6.45, 7) is 2.23. The van der Waals surface area contributed by atoms with E-state index in [1.807, 2.05) is 6.92 Å². The van der Waals surface area contributed by atoms with Crippen molar-refractivity contribution in [3.05, 3.63) is 23.8 Å². The second kappa shape index (κ2) is 6.41. The molecule has 1 amide bonds. The molecule has 20 heavy (non-hydrogen) atoms. The van der Waals surface area contributed by atoms with Gasteiger partial charge in [0.2, 0.25) is 0 Å². The Balaban J connectivity index is 2.06. The second-order valence-corrected chi connectivity index (χ2v) is 4.75. The van der Waals surface area contributed by atoms with Crippen LogP contribution in [0.15, 0.2) is 18.2 Å². The molecule has 0 saturated heterocycles. The normalized spacial score (nSPS) is 13.7. The van der Waals surface area contributed by atoms with Crippen molar-refractivity contribution < 1.29 is 19.1 Å². The Hall–Kier alpha value is -2.04. The molecule has 0 bridgehead atoms. The average molecular weight is 277 g/mol. The number of benzene rings is 1. The smallest absolute Gasteiger partial charge is 0.260 e. The molecule has 1 aromatic carbocycles. The third kappa shape index (κ3) is 3.29. The quantitative estimate of drug-likeness (QED) is 0.714. The van der Waals surface area contributed by atoms with Gasteiger partial charge < -0.3 is 14.4 Å². The summed E-state index contributed by atoms with van der Waals surface area (Å²) in [5, 5.41) is 0. The van der Waals surface area contributed by atoms with Crippen LogP contribution in [0.4, 0.5) is 0 Å². The number of ether oxygens (including phenoxy) is 2. The molecule has 1 aromatic rings. The molecule has 1 aliphatic carbocycles. The van der Waals surface area contributed by atoms with E-state index in [1.54, 1.807) is 30.1 Å². The summed E-state index contributed by atoms with van der Waals surface area (Å²) in [6, 6.07) is 5.43. The van der Waals surface area contributed by atoms with Gasteiger partial charge in [-0.1, -0.05) is 6.07 Å². The lowest BCUT2D eigenvalue weighted by atomic mass is 10.2. The molecule has 5 nitrogen and oxygen atoms in total. The summed E-state index contributed by atoms with van der Waals surface area (Å²) in [6.07, 6.45) is 2.81. The minimum Gasteiger partial charge on any atom is -0.490 e. The van der Waals surface area contributed by atoms with Crippen molar-refractivity contribution in [2.45, 2.75) is 25.8 Å². The van der Waals surface area contributed by atoms with E-state index in [1.165, 1.54) is 0 Å². The topological polar surface area (TPSA) is 55.8 Å². The van der Waals surface area contributed by atoms with Crippen molar-refractivity contribution >= 4 is 12.2 Å². The van der Waals surface area contributed by atoms with Crippen molar-refractivity contribution in [1.82, 2.24) is 4.90 Å². The minimum atomic E-state index is -0.0874. The van der Waals surface area contributed by atoms with Gasteiger partial charge in [0.25, 0.3) is 5.91 Å². The number of aldehydes is 1. The molecule has 0 atom stereocenters. The third-order valence-electron chi connectivity index (χ3n) is 3.26. The van der Waals surface area contributed by atoms with Gasteiger partial charge >= 0.3 is 0 Å². The first-order valence-corrected chi connectivity index (χ1v) is 6.76. The van der Waals surface area contributed by atoms with Crippen molar-refractivity contribution in [3.8, 4) is 11.5 Å². The van der Waals surface area contributed by atoms with Gasteiger partial charge in [-0.15, -0.1) is 0 Å². The first kappa shape index (κ1) is 14.4. The van der Waals surface area contributed by atoms with Crippen molar-refractivity contribution in [3.63, 3.8) is 0 Å². The van der Waals surface area contributed by atoms with E-state index in [-0.39, 0.29) is 12.5 Å². The summed E-state index contributed by atoms with van der Waals surface area (Å²) < 4.78 is 10.9. The first-order valence-electron chi connectivity index (χ1n) is 6.76. The monoisotopic (exact) mass is 277 g/mol. The molecular formula is C15H19NO4. The fourth-order valence-corrected chi connectivity index (χ4v) is 1.95. The highest BCUT2D eigenvalue weighted by molar-refractivity contribution is 5.82. The molecule has 0 heterocycles. The summed E-state index contributed by atoms with van der Waals surface area (Å²) in [5.41, 5.74) is 0.387. The number of hydrogen-bond acceptors (Lipinski definition) is 4. The number of likely N-dealkylation sites (N-methyl/N-ethyl adjacent to an activating group) is 1. The maximum atomic E-state index is 11.9. The van der Waals surface area contributed by atoms with E-state index in [0.29, 0.717) is 36.0 Å². The van der Waals surface area contributed by atoms with Crippen LogP contribution in [-0.2, 0) is 4.79 Å². The average Bonchev–Trinajstić information content (AvgIpc) is 3.29. The number of rotatable bonds is 7. The molecule has 108 valence electrons. The number of nitrogens with zero attached hydrogens (tertiary/aromatic N) is 1. The van der Waals surface area contributed by atoms with Gasteiger partial charge in [0, 0.05) is 13.1 Å². The van der Waals surface area contributed by atoms with Gasteiger partial charge in [-0.05, 0) is 31.9 Å². The standard InChI is InChI=1S/C15H19NO4/c1-3-19-13-6-4-5-11(9-17)15(13)20-10-14(18)16(2)12-7-8-12/h4-6,9,12H,3,7-8,10H2,1-2H3. The van der Waals surface area contributed by atoms with Crippen molar-refractivity contribution in [2.75, 3.05) is 20.3 Å². The van der Waals surface area contributed by atoms with E-state index >= 15 is 0 Å². The Bertz CT molecular complexity index is 497. The van der Waals surface area contributed by atoms with Crippen LogP contribution in [0.3, 0.4) is 0 Å².